The summed E-state index contributed by atoms with van der Waals surface area (Å²) in [6, 6.07) is 18.0. The van der Waals surface area contributed by atoms with Crippen LogP contribution in [-0.4, -0.2) is 21.2 Å². The molecule has 0 aliphatic rings. The number of halogens is 2. The predicted octanol–water partition coefficient (Wildman–Crippen LogP) is 5.22. The number of thioether (sulfide) groups is 1. The number of hydrogen-bond donors (Lipinski definition) is 1. The number of hydrogen-bond acceptors (Lipinski definition) is 4. The predicted molar refractivity (Wildman–Crippen MR) is 123 cm³/mol. The zero-order valence-electron chi connectivity index (χ0n) is 16.4. The Morgan fingerprint density at radius 3 is 2.71 bits per heavy atom. The van der Waals surface area contributed by atoms with Crippen molar-refractivity contribution in [2.45, 2.75) is 12.1 Å². The topological polar surface area (TPSA) is 64.0 Å². The van der Waals surface area contributed by atoms with Gasteiger partial charge in [-0.25, -0.2) is 9.37 Å². The third-order valence-corrected chi connectivity index (χ3v) is 5.95. The number of rotatable bonds is 5. The number of nitrogens with zero attached hydrogens (tertiary/aromatic N) is 2. The van der Waals surface area contributed by atoms with Crippen LogP contribution in [0.1, 0.15) is 5.56 Å². The second-order valence-corrected chi connectivity index (χ2v) is 8.18. The van der Waals surface area contributed by atoms with E-state index in [0.29, 0.717) is 32.5 Å². The Bertz CT molecular complexity index is 1360. The Labute approximate surface area is 186 Å². The van der Waals surface area contributed by atoms with E-state index in [9.17, 15) is 14.0 Å². The lowest BCUT2D eigenvalue weighted by Gasteiger charge is -2.14. The summed E-state index contributed by atoms with van der Waals surface area (Å²) in [5.41, 5.74) is 2.09. The Kier molecular flexibility index (Phi) is 6.06. The van der Waals surface area contributed by atoms with Gasteiger partial charge in [0.05, 0.1) is 22.3 Å². The molecule has 1 amide bonds. The van der Waals surface area contributed by atoms with Crippen molar-refractivity contribution in [3.05, 3.63) is 93.5 Å². The number of carbonyl (C=O) groups excluding carboxylic acids is 1. The van der Waals surface area contributed by atoms with Gasteiger partial charge in [0.25, 0.3) is 5.56 Å². The van der Waals surface area contributed by atoms with Crippen molar-refractivity contribution in [3.63, 3.8) is 0 Å². The summed E-state index contributed by atoms with van der Waals surface area (Å²) in [5, 5.41) is 3.99. The lowest BCUT2D eigenvalue weighted by atomic mass is 10.2. The summed E-state index contributed by atoms with van der Waals surface area (Å²) in [6.45, 7) is 1.87. The van der Waals surface area contributed by atoms with Crippen LogP contribution in [0.25, 0.3) is 16.6 Å². The van der Waals surface area contributed by atoms with Gasteiger partial charge in [-0.2, -0.15) is 0 Å². The van der Waals surface area contributed by atoms with Crippen LogP contribution in [0.2, 0.25) is 5.02 Å². The molecule has 1 heterocycles. The maximum Gasteiger partial charge on any atom is 0.266 e. The average Bonchev–Trinajstić information content (AvgIpc) is 2.74. The molecular formula is C23H17ClFN3O2S. The molecule has 5 nitrogen and oxygen atoms in total. The molecule has 8 heteroatoms. The molecule has 4 aromatic rings. The summed E-state index contributed by atoms with van der Waals surface area (Å²) in [4.78, 5) is 30.2. The van der Waals surface area contributed by atoms with E-state index in [1.807, 2.05) is 13.0 Å². The molecule has 0 bridgehead atoms. The van der Waals surface area contributed by atoms with Gasteiger partial charge >= 0.3 is 0 Å². The molecule has 0 saturated carbocycles. The number of nitrogens with one attached hydrogen (secondary N) is 1. The Morgan fingerprint density at radius 1 is 1.13 bits per heavy atom. The lowest BCUT2D eigenvalue weighted by Crippen LogP contribution is -2.23. The zero-order chi connectivity index (χ0) is 22.0. The minimum Gasteiger partial charge on any atom is -0.325 e. The summed E-state index contributed by atoms with van der Waals surface area (Å²) in [6.07, 6.45) is 0. The van der Waals surface area contributed by atoms with Crippen LogP contribution in [0.4, 0.5) is 10.1 Å². The quantitative estimate of drug-likeness (QED) is 0.332. The Morgan fingerprint density at radius 2 is 1.94 bits per heavy atom. The fourth-order valence-corrected chi connectivity index (χ4v) is 4.04. The molecule has 0 fully saturated rings. The molecule has 156 valence electrons. The molecular weight excluding hydrogens is 437 g/mol. The number of aromatic nitrogens is 2. The highest BCUT2D eigenvalue weighted by Gasteiger charge is 2.15. The Hall–Kier alpha value is -3.16. The van der Waals surface area contributed by atoms with E-state index in [2.05, 4.69) is 10.3 Å². The number of anilines is 1. The third-order valence-electron chi connectivity index (χ3n) is 4.60. The second-order valence-electron chi connectivity index (χ2n) is 6.83. The molecule has 0 saturated heterocycles. The molecule has 0 spiro atoms. The first-order valence-electron chi connectivity index (χ1n) is 9.39. The fourth-order valence-electron chi connectivity index (χ4n) is 3.05. The maximum absolute atomic E-state index is 13.3. The molecule has 1 aromatic heterocycles. The highest BCUT2D eigenvalue weighted by Crippen LogP contribution is 2.25. The van der Waals surface area contributed by atoms with E-state index < -0.39 is 5.82 Å². The summed E-state index contributed by atoms with van der Waals surface area (Å²) in [7, 11) is 0. The largest absolute Gasteiger partial charge is 0.325 e. The number of amides is 1. The molecule has 0 radical (unpaired) electrons. The summed E-state index contributed by atoms with van der Waals surface area (Å²) >= 11 is 7.40. The van der Waals surface area contributed by atoms with Gasteiger partial charge in [0.15, 0.2) is 5.16 Å². The van der Waals surface area contributed by atoms with Crippen LogP contribution in [0.15, 0.2) is 76.7 Å². The van der Waals surface area contributed by atoms with Gasteiger partial charge < -0.3 is 5.32 Å². The van der Waals surface area contributed by atoms with E-state index in [0.717, 1.165) is 17.3 Å². The van der Waals surface area contributed by atoms with Crippen molar-refractivity contribution in [3.8, 4) is 5.69 Å². The molecule has 1 N–H and O–H groups in total. The minimum absolute atomic E-state index is 0.0130. The van der Waals surface area contributed by atoms with Crippen LogP contribution in [0, 0.1) is 12.7 Å². The molecule has 0 atom stereocenters. The van der Waals surface area contributed by atoms with E-state index in [1.54, 1.807) is 42.5 Å². The van der Waals surface area contributed by atoms with Crippen molar-refractivity contribution in [2.75, 3.05) is 11.1 Å². The highest BCUT2D eigenvalue weighted by atomic mass is 35.5. The number of carbonyl (C=O) groups is 1. The van der Waals surface area contributed by atoms with Crippen molar-refractivity contribution in [1.82, 2.24) is 9.55 Å². The zero-order valence-corrected chi connectivity index (χ0v) is 18.0. The third kappa shape index (κ3) is 4.62. The van der Waals surface area contributed by atoms with Crippen LogP contribution in [0.5, 0.6) is 0 Å². The van der Waals surface area contributed by atoms with Gasteiger partial charge in [-0.05, 0) is 55.0 Å². The second kappa shape index (κ2) is 8.91. The first kappa shape index (κ1) is 21.1. The van der Waals surface area contributed by atoms with E-state index in [-0.39, 0.29) is 17.2 Å². The summed E-state index contributed by atoms with van der Waals surface area (Å²) < 4.78 is 14.8. The normalized spacial score (nSPS) is 10.9. The molecule has 31 heavy (non-hydrogen) atoms. The molecule has 3 aromatic carbocycles. The lowest BCUT2D eigenvalue weighted by molar-refractivity contribution is -0.113. The first-order valence-corrected chi connectivity index (χ1v) is 10.8. The smallest absolute Gasteiger partial charge is 0.266 e. The monoisotopic (exact) mass is 453 g/mol. The standard InChI is InChI=1S/C23H17ClFN3O2S/c1-14-9-10-17(12-19(14)24)28-22(30)18-7-2-3-8-20(18)27-23(28)31-13-21(29)26-16-6-4-5-15(25)11-16/h2-12H,13H2,1H3,(H,26,29). The first-order chi connectivity index (χ1) is 14.9. The number of fused-ring (bicyclic) bond motifs is 1. The average molecular weight is 454 g/mol. The van der Waals surface area contributed by atoms with E-state index in [4.69, 9.17) is 11.6 Å². The molecule has 0 unspecified atom stereocenters. The van der Waals surface area contributed by atoms with Crippen molar-refractivity contribution in [2.24, 2.45) is 0 Å². The van der Waals surface area contributed by atoms with Gasteiger partial charge in [0, 0.05) is 10.7 Å². The molecule has 0 aliphatic carbocycles. The van der Waals surface area contributed by atoms with Crippen LogP contribution >= 0.6 is 23.4 Å². The maximum atomic E-state index is 13.3. The summed E-state index contributed by atoms with van der Waals surface area (Å²) in [5.74, 6) is -0.792. The Balaban J connectivity index is 1.69. The van der Waals surface area contributed by atoms with Crippen LogP contribution < -0.4 is 10.9 Å². The fraction of sp³-hybridized carbons (Fsp3) is 0.0870. The minimum atomic E-state index is -0.438. The van der Waals surface area contributed by atoms with Gasteiger partial charge in [-0.3, -0.25) is 14.2 Å². The van der Waals surface area contributed by atoms with Crippen molar-refractivity contribution < 1.29 is 9.18 Å². The van der Waals surface area contributed by atoms with Crippen molar-refractivity contribution in [1.29, 1.82) is 0 Å². The van der Waals surface area contributed by atoms with Crippen molar-refractivity contribution >= 4 is 45.9 Å². The number of para-hydroxylation sites is 1. The van der Waals surface area contributed by atoms with E-state index in [1.165, 1.54) is 22.8 Å². The van der Waals surface area contributed by atoms with Crippen LogP contribution in [0.3, 0.4) is 0 Å². The van der Waals surface area contributed by atoms with Gasteiger partial charge in [-0.1, -0.05) is 47.6 Å². The molecule has 0 aliphatic heterocycles. The number of benzene rings is 3. The van der Waals surface area contributed by atoms with Gasteiger partial charge in [-0.15, -0.1) is 0 Å². The van der Waals surface area contributed by atoms with E-state index >= 15 is 0 Å². The van der Waals surface area contributed by atoms with Crippen LogP contribution in [-0.2, 0) is 4.79 Å². The highest BCUT2D eigenvalue weighted by molar-refractivity contribution is 7.99. The van der Waals surface area contributed by atoms with Gasteiger partial charge in [0.1, 0.15) is 5.82 Å². The number of aryl methyl sites for hydroxylation is 1. The molecule has 4 rings (SSSR count). The SMILES string of the molecule is Cc1ccc(-n2c(SCC(=O)Nc3cccc(F)c3)nc3ccccc3c2=O)cc1Cl. The van der Waals surface area contributed by atoms with Gasteiger partial charge in [0.2, 0.25) is 5.91 Å².